The van der Waals surface area contributed by atoms with Gasteiger partial charge in [0.2, 0.25) is 5.76 Å². The highest BCUT2D eigenvalue weighted by Crippen LogP contribution is 2.31. The summed E-state index contributed by atoms with van der Waals surface area (Å²) in [6, 6.07) is 7.91. The summed E-state index contributed by atoms with van der Waals surface area (Å²) in [6.07, 6.45) is 0. The van der Waals surface area contributed by atoms with Gasteiger partial charge in [-0.25, -0.2) is 4.79 Å². The molecule has 1 aliphatic heterocycles. The molecule has 0 saturated carbocycles. The van der Waals surface area contributed by atoms with Crippen LogP contribution < -0.4 is 14.8 Å². The summed E-state index contributed by atoms with van der Waals surface area (Å²) < 4.78 is 15.8. The van der Waals surface area contributed by atoms with Crippen LogP contribution in [0.25, 0.3) is 0 Å². The van der Waals surface area contributed by atoms with Gasteiger partial charge < -0.3 is 24.3 Å². The molecule has 0 fully saturated rings. The Balaban J connectivity index is 1.69. The Labute approximate surface area is 119 Å². The molecule has 0 saturated heterocycles. The van der Waals surface area contributed by atoms with Gasteiger partial charge in [0.15, 0.2) is 6.61 Å². The van der Waals surface area contributed by atoms with Gasteiger partial charge >= 0.3 is 5.97 Å². The molecule has 21 heavy (non-hydrogen) atoms. The van der Waals surface area contributed by atoms with Crippen LogP contribution in [-0.4, -0.2) is 23.6 Å². The average Bonchev–Trinajstić information content (AvgIpc) is 2.93. The molecule has 0 atom stereocenters. The highest BCUT2D eigenvalue weighted by Gasteiger charge is 2.16. The third-order valence-electron chi connectivity index (χ3n) is 2.84. The van der Waals surface area contributed by atoms with E-state index in [4.69, 9.17) is 19.0 Å². The highest BCUT2D eigenvalue weighted by molar-refractivity contribution is 5.95. The first-order valence-electron chi connectivity index (χ1n) is 6.13. The fourth-order valence-electron chi connectivity index (χ4n) is 1.88. The quantitative estimate of drug-likeness (QED) is 0.891. The van der Waals surface area contributed by atoms with Crippen LogP contribution in [-0.2, 0) is 11.4 Å². The van der Waals surface area contributed by atoms with Gasteiger partial charge in [0, 0.05) is 6.07 Å². The summed E-state index contributed by atoms with van der Waals surface area (Å²) in [5, 5.41) is 11.4. The largest absolute Gasteiger partial charge is 0.486 e. The molecule has 2 aromatic rings. The molecular formula is C14H11NO6. The van der Waals surface area contributed by atoms with Crippen LogP contribution in [0.15, 0.2) is 34.7 Å². The number of hydrogen-bond acceptors (Lipinski definition) is 5. The van der Waals surface area contributed by atoms with E-state index in [1.807, 2.05) is 0 Å². The molecule has 1 aromatic carbocycles. The number of carbonyl (C=O) groups is 2. The topological polar surface area (TPSA) is 98.0 Å². The van der Waals surface area contributed by atoms with Crippen molar-refractivity contribution in [1.29, 1.82) is 0 Å². The summed E-state index contributed by atoms with van der Waals surface area (Å²) in [7, 11) is 0. The normalized spacial score (nSPS) is 13.0. The van der Waals surface area contributed by atoms with Crippen molar-refractivity contribution in [3.63, 3.8) is 0 Å². The smallest absolute Gasteiger partial charge is 0.371 e. The highest BCUT2D eigenvalue weighted by atomic mass is 16.5. The van der Waals surface area contributed by atoms with Gasteiger partial charge in [-0.2, -0.15) is 0 Å². The number of furan rings is 1. The Kier molecular flexibility index (Phi) is 3.23. The van der Waals surface area contributed by atoms with Crippen molar-refractivity contribution in [2.75, 3.05) is 11.9 Å². The lowest BCUT2D eigenvalue weighted by atomic mass is 10.2. The number of carboxylic acid groups (broad SMARTS) is 1. The van der Waals surface area contributed by atoms with Crippen LogP contribution in [0.5, 0.6) is 11.5 Å². The van der Waals surface area contributed by atoms with E-state index in [9.17, 15) is 9.59 Å². The van der Waals surface area contributed by atoms with Crippen molar-refractivity contribution in [2.45, 2.75) is 6.61 Å². The van der Waals surface area contributed by atoms with Gasteiger partial charge in [-0.15, -0.1) is 0 Å². The molecule has 0 unspecified atom stereocenters. The first-order chi connectivity index (χ1) is 10.1. The summed E-state index contributed by atoms with van der Waals surface area (Å²) in [5.74, 6) is -0.0160. The average molecular weight is 289 g/mol. The molecule has 1 amide bonds. The zero-order valence-electron chi connectivity index (χ0n) is 10.8. The standard InChI is InChI=1S/C14H11NO6/c16-13-7-20-11-3-1-8(5-10(11)15-13)19-6-9-2-4-12(21-9)14(17)18/h1-5H,6-7H2,(H,15,16)(H,17,18). The molecule has 2 N–H and O–H groups in total. The maximum atomic E-state index is 11.2. The van der Waals surface area contributed by atoms with E-state index < -0.39 is 5.97 Å². The van der Waals surface area contributed by atoms with Crippen molar-refractivity contribution in [1.82, 2.24) is 0 Å². The first-order valence-corrected chi connectivity index (χ1v) is 6.13. The number of fused-ring (bicyclic) bond motifs is 1. The second-order valence-electron chi connectivity index (χ2n) is 4.35. The van der Waals surface area contributed by atoms with E-state index in [2.05, 4.69) is 5.32 Å². The van der Waals surface area contributed by atoms with Gasteiger partial charge in [0.1, 0.15) is 23.9 Å². The van der Waals surface area contributed by atoms with Crippen LogP contribution in [0.1, 0.15) is 16.3 Å². The van der Waals surface area contributed by atoms with Gasteiger partial charge in [-0.1, -0.05) is 0 Å². The molecule has 0 spiro atoms. The van der Waals surface area contributed by atoms with Gasteiger partial charge in [0.25, 0.3) is 5.91 Å². The number of aromatic carboxylic acids is 1. The predicted molar refractivity (Wildman–Crippen MR) is 70.6 cm³/mol. The molecule has 0 bridgehead atoms. The van der Waals surface area contributed by atoms with E-state index in [-0.39, 0.29) is 24.9 Å². The SMILES string of the molecule is O=C1COc2ccc(OCc3ccc(C(=O)O)o3)cc2N1. The van der Waals surface area contributed by atoms with Crippen LogP contribution in [0.2, 0.25) is 0 Å². The first kappa shape index (κ1) is 13.0. The van der Waals surface area contributed by atoms with Gasteiger partial charge in [-0.3, -0.25) is 4.79 Å². The second kappa shape index (κ2) is 5.20. The van der Waals surface area contributed by atoms with Crippen LogP contribution in [0, 0.1) is 0 Å². The van der Waals surface area contributed by atoms with Crippen LogP contribution in [0.3, 0.4) is 0 Å². The summed E-state index contributed by atoms with van der Waals surface area (Å²) >= 11 is 0. The summed E-state index contributed by atoms with van der Waals surface area (Å²) in [6.45, 7) is 0.0818. The number of hydrogen-bond donors (Lipinski definition) is 2. The lowest BCUT2D eigenvalue weighted by Crippen LogP contribution is -2.25. The van der Waals surface area contributed by atoms with E-state index in [0.29, 0.717) is 22.9 Å². The van der Waals surface area contributed by atoms with E-state index in [1.54, 1.807) is 18.2 Å². The van der Waals surface area contributed by atoms with Crippen molar-refractivity contribution >= 4 is 17.6 Å². The molecule has 0 aliphatic carbocycles. The van der Waals surface area contributed by atoms with Crippen molar-refractivity contribution < 1.29 is 28.6 Å². The second-order valence-corrected chi connectivity index (χ2v) is 4.35. The zero-order chi connectivity index (χ0) is 14.8. The van der Waals surface area contributed by atoms with E-state index >= 15 is 0 Å². The molecule has 108 valence electrons. The number of ether oxygens (including phenoxy) is 2. The van der Waals surface area contributed by atoms with Crippen LogP contribution in [0.4, 0.5) is 5.69 Å². The minimum Gasteiger partial charge on any atom is -0.486 e. The van der Waals surface area contributed by atoms with Crippen LogP contribution >= 0.6 is 0 Å². The maximum Gasteiger partial charge on any atom is 0.371 e. The number of benzene rings is 1. The maximum absolute atomic E-state index is 11.2. The number of nitrogens with one attached hydrogen (secondary N) is 1. The van der Waals surface area contributed by atoms with Crippen molar-refractivity contribution in [3.8, 4) is 11.5 Å². The van der Waals surface area contributed by atoms with Crippen molar-refractivity contribution in [2.24, 2.45) is 0 Å². The van der Waals surface area contributed by atoms with E-state index in [1.165, 1.54) is 12.1 Å². The number of carboxylic acids is 1. The Morgan fingerprint density at radius 1 is 1.33 bits per heavy atom. The molecular weight excluding hydrogens is 278 g/mol. The molecule has 1 aromatic heterocycles. The monoisotopic (exact) mass is 289 g/mol. The Morgan fingerprint density at radius 2 is 2.19 bits per heavy atom. The fraction of sp³-hybridized carbons (Fsp3) is 0.143. The zero-order valence-corrected chi connectivity index (χ0v) is 10.8. The van der Waals surface area contributed by atoms with Gasteiger partial charge in [-0.05, 0) is 24.3 Å². The summed E-state index contributed by atoms with van der Waals surface area (Å²) in [5.41, 5.74) is 0.536. The molecule has 1 aliphatic rings. The molecule has 0 radical (unpaired) electrons. The third-order valence-corrected chi connectivity index (χ3v) is 2.84. The number of carbonyl (C=O) groups excluding carboxylic acids is 1. The Morgan fingerprint density at radius 3 is 2.95 bits per heavy atom. The molecule has 7 nitrogen and oxygen atoms in total. The summed E-state index contributed by atoms with van der Waals surface area (Å²) in [4.78, 5) is 21.9. The number of anilines is 1. The third kappa shape index (κ3) is 2.81. The lowest BCUT2D eigenvalue weighted by Gasteiger charge is -2.18. The van der Waals surface area contributed by atoms with Crippen molar-refractivity contribution in [3.05, 3.63) is 41.9 Å². The number of rotatable bonds is 4. The predicted octanol–water partition coefficient (Wildman–Crippen LogP) is 1.89. The molecule has 3 rings (SSSR count). The molecule has 7 heteroatoms. The lowest BCUT2D eigenvalue weighted by molar-refractivity contribution is -0.118. The minimum atomic E-state index is -1.13. The fourth-order valence-corrected chi connectivity index (χ4v) is 1.88. The Hall–Kier alpha value is -2.96. The molecule has 2 heterocycles. The Bertz CT molecular complexity index is 705. The number of amides is 1. The van der Waals surface area contributed by atoms with E-state index in [0.717, 1.165) is 0 Å². The van der Waals surface area contributed by atoms with Gasteiger partial charge in [0.05, 0.1) is 5.69 Å². The minimum absolute atomic E-state index is 0.00242.